The van der Waals surface area contributed by atoms with Crippen LogP contribution in [-0.2, 0) is 11.3 Å². The summed E-state index contributed by atoms with van der Waals surface area (Å²) < 4.78 is 13.2. The van der Waals surface area contributed by atoms with E-state index in [4.69, 9.17) is 13.7 Å². The maximum Gasteiger partial charge on any atom is 0.242 e. The van der Waals surface area contributed by atoms with Gasteiger partial charge in [-0.3, -0.25) is 0 Å². The second-order valence-electron chi connectivity index (χ2n) is 12.0. The van der Waals surface area contributed by atoms with Crippen molar-refractivity contribution in [2.45, 2.75) is 90.6 Å². The highest BCUT2D eigenvalue weighted by atomic mass is 28.4. The third-order valence-corrected chi connectivity index (χ3v) is 9.24. The van der Waals surface area contributed by atoms with Crippen molar-refractivity contribution in [2.75, 3.05) is 7.11 Å². The summed E-state index contributed by atoms with van der Waals surface area (Å²) in [6.07, 6.45) is 7.13. The van der Waals surface area contributed by atoms with Gasteiger partial charge in [0.25, 0.3) is 0 Å². The Labute approximate surface area is 191 Å². The molecule has 0 unspecified atom stereocenters. The summed E-state index contributed by atoms with van der Waals surface area (Å²) in [5, 5.41) is 4.45. The Balaban J connectivity index is 1.71. The van der Waals surface area contributed by atoms with Crippen LogP contribution in [0.15, 0.2) is 17.3 Å². The van der Waals surface area contributed by atoms with Crippen LogP contribution >= 0.6 is 0 Å². The third-order valence-electron chi connectivity index (χ3n) is 7.59. The molecule has 0 bridgehead atoms. The first-order valence-corrected chi connectivity index (χ1v) is 18.9. The number of hydrogen-bond donors (Lipinski definition) is 0. The van der Waals surface area contributed by atoms with Crippen LogP contribution in [-0.4, -0.2) is 29.5 Å². The van der Waals surface area contributed by atoms with E-state index >= 15 is 0 Å². The summed E-state index contributed by atoms with van der Waals surface area (Å²) in [6, 6.07) is 4.59. The van der Waals surface area contributed by atoms with Gasteiger partial charge in [0.2, 0.25) is 16.6 Å². The maximum atomic E-state index is 6.71. The van der Waals surface area contributed by atoms with Crippen molar-refractivity contribution in [3.63, 3.8) is 0 Å². The van der Waals surface area contributed by atoms with E-state index in [2.05, 4.69) is 63.5 Å². The van der Waals surface area contributed by atoms with E-state index in [1.54, 1.807) is 7.11 Å². The lowest BCUT2D eigenvalue weighted by Gasteiger charge is -2.49. The molecule has 4 nitrogen and oxygen atoms in total. The average molecular weight is 460 g/mol. The zero-order valence-corrected chi connectivity index (χ0v) is 22.8. The van der Waals surface area contributed by atoms with Gasteiger partial charge in [0.05, 0.1) is 5.71 Å². The molecule has 172 valence electrons. The lowest BCUT2D eigenvalue weighted by atomic mass is 9.55. The lowest BCUT2D eigenvalue weighted by molar-refractivity contribution is 0.0921. The average Bonchev–Trinajstić information content (AvgIpc) is 2.98. The zero-order valence-electron chi connectivity index (χ0n) is 20.8. The van der Waals surface area contributed by atoms with Gasteiger partial charge in [-0.2, -0.15) is 0 Å². The number of fused-ring (bicyclic) bond motifs is 5. The topological polar surface area (TPSA) is 40.0 Å². The van der Waals surface area contributed by atoms with Crippen molar-refractivity contribution in [2.24, 2.45) is 22.4 Å². The first kappa shape index (κ1) is 22.9. The van der Waals surface area contributed by atoms with Crippen LogP contribution in [0.25, 0.3) is 0 Å². The summed E-state index contributed by atoms with van der Waals surface area (Å²) >= 11 is 0. The molecular formula is C25H41NO3Si2. The Bertz CT molecular complexity index is 871. The summed E-state index contributed by atoms with van der Waals surface area (Å²) in [5.41, 5.74) is 4.48. The van der Waals surface area contributed by atoms with Crippen LogP contribution in [0.1, 0.15) is 56.1 Å². The highest BCUT2D eigenvalue weighted by molar-refractivity contribution is 6.71. The minimum Gasteiger partial charge on any atom is -0.542 e. The monoisotopic (exact) mass is 459 g/mol. The van der Waals surface area contributed by atoms with Crippen LogP contribution < -0.4 is 8.85 Å². The molecule has 0 N–H and O–H groups in total. The first-order chi connectivity index (χ1) is 14.4. The molecule has 0 amide bonds. The van der Waals surface area contributed by atoms with Crippen molar-refractivity contribution in [1.82, 2.24) is 0 Å². The molecule has 1 aromatic rings. The van der Waals surface area contributed by atoms with Gasteiger partial charge in [-0.05, 0) is 107 Å². The Hall–Kier alpha value is -1.28. The summed E-state index contributed by atoms with van der Waals surface area (Å²) in [4.78, 5) is 5.21. The molecule has 31 heavy (non-hydrogen) atoms. The van der Waals surface area contributed by atoms with E-state index in [1.807, 2.05) is 0 Å². The van der Waals surface area contributed by atoms with Gasteiger partial charge in [0.15, 0.2) is 0 Å². The minimum atomic E-state index is -1.75. The first-order valence-electron chi connectivity index (χ1n) is 12.1. The van der Waals surface area contributed by atoms with Gasteiger partial charge in [-0.15, -0.1) is 0 Å². The molecule has 0 saturated heterocycles. The van der Waals surface area contributed by atoms with Crippen molar-refractivity contribution in [3.05, 3.63) is 23.3 Å². The van der Waals surface area contributed by atoms with Gasteiger partial charge in [0, 0.05) is 11.0 Å². The van der Waals surface area contributed by atoms with Crippen molar-refractivity contribution >= 4 is 22.3 Å². The Morgan fingerprint density at radius 2 is 1.65 bits per heavy atom. The van der Waals surface area contributed by atoms with Crippen LogP contribution in [0.5, 0.6) is 11.5 Å². The second-order valence-corrected chi connectivity index (χ2v) is 20.9. The highest BCUT2D eigenvalue weighted by Crippen LogP contribution is 2.61. The minimum absolute atomic E-state index is 0.215. The number of hydrogen-bond acceptors (Lipinski definition) is 4. The molecule has 2 fully saturated rings. The molecule has 4 atom stereocenters. The van der Waals surface area contributed by atoms with E-state index in [0.717, 1.165) is 30.3 Å². The Morgan fingerprint density at radius 3 is 2.29 bits per heavy atom. The van der Waals surface area contributed by atoms with E-state index in [1.165, 1.54) is 42.5 Å². The second kappa shape index (κ2) is 7.94. The highest BCUT2D eigenvalue weighted by Gasteiger charge is 2.54. The number of rotatable bonds is 5. The van der Waals surface area contributed by atoms with Crippen LogP contribution in [0, 0.1) is 17.3 Å². The molecule has 2 saturated carbocycles. The van der Waals surface area contributed by atoms with Gasteiger partial charge < -0.3 is 13.7 Å². The normalized spacial score (nSPS) is 31.6. The van der Waals surface area contributed by atoms with Crippen LogP contribution in [0.3, 0.4) is 0 Å². The van der Waals surface area contributed by atoms with Crippen LogP contribution in [0.4, 0.5) is 0 Å². The van der Waals surface area contributed by atoms with E-state index in [-0.39, 0.29) is 5.41 Å². The van der Waals surface area contributed by atoms with Crippen molar-refractivity contribution in [1.29, 1.82) is 0 Å². The number of oxime groups is 1. The molecule has 0 radical (unpaired) electrons. The molecule has 0 aliphatic heterocycles. The fourth-order valence-corrected chi connectivity index (χ4v) is 8.15. The fraction of sp³-hybridized carbons (Fsp3) is 0.720. The molecule has 6 heteroatoms. The SMILES string of the molecule is CO/N=C1/CC[C@H]2[C@@H]3CCc4c(ccc(O[Si](C)(C)C)c4O[Si](C)(C)C)[C@H]3CC[C@]12C. The fourth-order valence-electron chi connectivity index (χ4n) is 6.49. The van der Waals surface area contributed by atoms with Gasteiger partial charge in [-0.25, -0.2) is 0 Å². The molecule has 3 aliphatic rings. The summed E-state index contributed by atoms with van der Waals surface area (Å²) in [6.45, 7) is 16.0. The van der Waals surface area contributed by atoms with E-state index in [9.17, 15) is 0 Å². The lowest BCUT2D eigenvalue weighted by Crippen LogP contribution is -2.43. The predicted molar refractivity (Wildman–Crippen MR) is 133 cm³/mol. The zero-order chi connectivity index (χ0) is 22.6. The molecule has 0 aromatic heterocycles. The maximum absolute atomic E-state index is 6.71. The predicted octanol–water partition coefficient (Wildman–Crippen LogP) is 6.97. The van der Waals surface area contributed by atoms with E-state index in [0.29, 0.717) is 11.8 Å². The standard InChI is InChI=1S/C25H41NO3Si2/c1-25-16-15-18-17-11-13-22(28-30(3,4)5)24(29-31(6,7)8)20(17)10-9-19(18)21(25)12-14-23(25)26-27-2/h11,13,18-19,21H,9-10,12,14-16H2,1-8H3/b26-23-/t18-,19-,21+,25+/m1/s1. The van der Waals surface area contributed by atoms with Crippen molar-refractivity contribution in [3.8, 4) is 11.5 Å². The van der Waals surface area contributed by atoms with Crippen molar-refractivity contribution < 1.29 is 13.7 Å². The quantitative estimate of drug-likeness (QED) is 0.352. The van der Waals surface area contributed by atoms with Gasteiger partial charge in [0.1, 0.15) is 18.6 Å². The molecular weight excluding hydrogens is 418 g/mol. The molecule has 0 spiro atoms. The summed E-state index contributed by atoms with van der Waals surface area (Å²) in [5.74, 6) is 4.13. The third kappa shape index (κ3) is 4.34. The Kier molecular flexibility index (Phi) is 5.87. The van der Waals surface area contributed by atoms with Crippen LogP contribution in [0.2, 0.25) is 39.3 Å². The Morgan fingerprint density at radius 1 is 0.935 bits per heavy atom. The van der Waals surface area contributed by atoms with E-state index < -0.39 is 16.6 Å². The molecule has 1 aromatic carbocycles. The number of nitrogens with zero attached hydrogens (tertiary/aromatic N) is 1. The summed E-state index contributed by atoms with van der Waals surface area (Å²) in [7, 11) is -1.78. The smallest absolute Gasteiger partial charge is 0.242 e. The largest absolute Gasteiger partial charge is 0.542 e. The van der Waals surface area contributed by atoms with Gasteiger partial charge in [-0.1, -0.05) is 18.1 Å². The molecule has 3 aliphatic carbocycles. The van der Waals surface area contributed by atoms with Gasteiger partial charge >= 0.3 is 0 Å². The molecule has 0 heterocycles. The number of benzene rings is 1. The molecule has 4 rings (SSSR count).